The Morgan fingerprint density at radius 1 is 0.971 bits per heavy atom. The third kappa shape index (κ3) is 7.78. The van der Waals surface area contributed by atoms with E-state index < -0.39 is 35.2 Å². The Morgan fingerprint density at radius 3 is 2.06 bits per heavy atom. The van der Waals surface area contributed by atoms with E-state index in [2.05, 4.69) is 15.5 Å². The number of nitrogens with one attached hydrogen (secondary N) is 2. The molecule has 0 saturated carbocycles. The van der Waals surface area contributed by atoms with Crippen LogP contribution < -0.4 is 15.4 Å². The molecule has 0 spiro atoms. The van der Waals surface area contributed by atoms with E-state index in [0.29, 0.717) is 24.3 Å². The molecule has 1 unspecified atom stereocenters. The summed E-state index contributed by atoms with van der Waals surface area (Å²) in [6.07, 6.45) is -7.02. The highest BCUT2D eigenvalue weighted by Gasteiger charge is 2.37. The normalized spacial score (nSPS) is 15.6. The van der Waals surface area contributed by atoms with Gasteiger partial charge in [0.05, 0.1) is 18.2 Å². The van der Waals surface area contributed by atoms with E-state index in [4.69, 9.17) is 4.74 Å². The Kier molecular flexibility index (Phi) is 8.52. The molecule has 3 rings (SSSR count). The van der Waals surface area contributed by atoms with Crippen LogP contribution in [0.5, 0.6) is 5.75 Å². The number of rotatable bonds is 8. The second-order valence-corrected chi connectivity index (χ2v) is 8.44. The number of nitrogens with zero attached hydrogens (tertiary/aromatic N) is 1. The van der Waals surface area contributed by atoms with Crippen LogP contribution >= 0.6 is 0 Å². The van der Waals surface area contributed by atoms with Crippen molar-refractivity contribution in [2.75, 3.05) is 38.6 Å². The lowest BCUT2D eigenvalue weighted by Gasteiger charge is -2.22. The van der Waals surface area contributed by atoms with Crippen LogP contribution in [-0.4, -0.2) is 44.2 Å². The Bertz CT molecular complexity index is 954. The zero-order chi connectivity index (χ0) is 25.6. The third-order valence-corrected chi connectivity index (χ3v) is 5.93. The van der Waals surface area contributed by atoms with Gasteiger partial charge in [-0.3, -0.25) is 0 Å². The average molecular weight is 503 g/mol. The Hall–Kier alpha value is -2.95. The van der Waals surface area contributed by atoms with E-state index in [1.54, 1.807) is 19.2 Å². The third-order valence-electron chi connectivity index (χ3n) is 5.93. The molecule has 0 aromatic heterocycles. The summed E-state index contributed by atoms with van der Waals surface area (Å²) in [6, 6.07) is 7.40. The van der Waals surface area contributed by atoms with Gasteiger partial charge in [0.15, 0.2) is 0 Å². The van der Waals surface area contributed by atoms with Crippen molar-refractivity contribution in [1.29, 1.82) is 0 Å². The first-order valence-electron chi connectivity index (χ1n) is 11.2. The summed E-state index contributed by atoms with van der Waals surface area (Å²) in [5, 5.41) is 4.70. The number of urea groups is 1. The molecule has 1 saturated heterocycles. The highest BCUT2D eigenvalue weighted by atomic mass is 19.4. The molecular weight excluding hydrogens is 476 g/mol. The van der Waals surface area contributed by atoms with Crippen LogP contribution in [-0.2, 0) is 12.4 Å². The number of hydrogen-bond donors (Lipinski definition) is 2. The minimum atomic E-state index is -5.00. The maximum absolute atomic E-state index is 13.1. The summed E-state index contributed by atoms with van der Waals surface area (Å²) in [4.78, 5) is 14.7. The van der Waals surface area contributed by atoms with Crippen LogP contribution in [0.4, 0.5) is 36.8 Å². The van der Waals surface area contributed by atoms with Crippen LogP contribution in [0.3, 0.4) is 0 Å². The lowest BCUT2D eigenvalue weighted by molar-refractivity contribution is -0.143. The zero-order valence-electron chi connectivity index (χ0n) is 19.1. The van der Waals surface area contributed by atoms with Crippen molar-refractivity contribution < 1.29 is 35.9 Å². The first kappa shape index (κ1) is 26.7. The van der Waals surface area contributed by atoms with E-state index in [1.165, 1.54) is 0 Å². The molecule has 5 nitrogen and oxygen atoms in total. The quantitative estimate of drug-likeness (QED) is 0.427. The summed E-state index contributed by atoms with van der Waals surface area (Å²) in [5.41, 5.74) is -2.65. The van der Waals surface area contributed by atoms with Crippen molar-refractivity contribution in [2.45, 2.75) is 37.5 Å². The fourth-order valence-electron chi connectivity index (χ4n) is 4.03. The number of alkyl halides is 6. The van der Waals surface area contributed by atoms with Gasteiger partial charge in [-0.25, -0.2) is 4.79 Å². The fraction of sp³-hybridized carbons (Fsp3) is 0.458. The average Bonchev–Trinajstić information content (AvgIpc) is 3.31. The number of halogens is 6. The molecule has 2 N–H and O–H groups in total. The van der Waals surface area contributed by atoms with Crippen LogP contribution in [0.2, 0.25) is 0 Å². The molecule has 1 aliphatic rings. The molecule has 2 aromatic rings. The number of anilines is 1. The van der Waals surface area contributed by atoms with Gasteiger partial charge in [0.1, 0.15) is 5.75 Å². The molecule has 35 heavy (non-hydrogen) atoms. The zero-order valence-corrected chi connectivity index (χ0v) is 19.1. The summed E-state index contributed by atoms with van der Waals surface area (Å²) in [6.45, 7) is 2.96. The summed E-state index contributed by atoms with van der Waals surface area (Å²) in [7, 11) is 1.55. The van der Waals surface area contributed by atoms with Gasteiger partial charge in [-0.05, 0) is 74.8 Å². The Morgan fingerprint density at radius 2 is 1.54 bits per heavy atom. The van der Waals surface area contributed by atoms with E-state index in [-0.39, 0.29) is 18.5 Å². The Balaban J connectivity index is 1.70. The van der Waals surface area contributed by atoms with Crippen molar-refractivity contribution in [2.24, 2.45) is 0 Å². The van der Waals surface area contributed by atoms with Gasteiger partial charge in [0.2, 0.25) is 0 Å². The van der Waals surface area contributed by atoms with Gasteiger partial charge in [0.25, 0.3) is 0 Å². The molecule has 192 valence electrons. The van der Waals surface area contributed by atoms with Gasteiger partial charge in [-0.2, -0.15) is 26.3 Å². The fourth-order valence-corrected chi connectivity index (χ4v) is 4.03. The second kappa shape index (κ2) is 11.2. The van der Waals surface area contributed by atoms with Gasteiger partial charge < -0.3 is 20.3 Å². The van der Waals surface area contributed by atoms with E-state index >= 15 is 0 Å². The number of likely N-dealkylation sites (tertiary alicyclic amines) is 1. The molecule has 0 aliphatic carbocycles. The van der Waals surface area contributed by atoms with Gasteiger partial charge in [-0.1, -0.05) is 12.1 Å². The topological polar surface area (TPSA) is 53.6 Å². The van der Waals surface area contributed by atoms with Crippen molar-refractivity contribution in [3.8, 4) is 5.75 Å². The molecule has 0 radical (unpaired) electrons. The van der Waals surface area contributed by atoms with Crippen LogP contribution in [0, 0.1) is 0 Å². The van der Waals surface area contributed by atoms with Crippen LogP contribution in [0.25, 0.3) is 0 Å². The van der Waals surface area contributed by atoms with Gasteiger partial charge in [-0.15, -0.1) is 0 Å². The van der Waals surface area contributed by atoms with Crippen LogP contribution in [0.15, 0.2) is 42.5 Å². The van der Waals surface area contributed by atoms with E-state index in [1.807, 2.05) is 12.1 Å². The van der Waals surface area contributed by atoms with Crippen molar-refractivity contribution in [1.82, 2.24) is 10.2 Å². The van der Waals surface area contributed by atoms with Gasteiger partial charge >= 0.3 is 18.4 Å². The number of benzene rings is 2. The number of amides is 2. The molecule has 0 bridgehead atoms. The maximum atomic E-state index is 13.1. The molecule has 1 aliphatic heterocycles. The SMILES string of the molecule is COc1ccc(C(CCN2CCCC2)CNC(=O)Nc2cc(C(F)(F)F)cc(C(F)(F)F)c2)cc1. The molecular formula is C24H27F6N3O2. The maximum Gasteiger partial charge on any atom is 0.416 e. The summed E-state index contributed by atoms with van der Waals surface area (Å²) < 4.78 is 83.6. The molecule has 1 fully saturated rings. The van der Waals surface area contributed by atoms with E-state index in [0.717, 1.165) is 38.0 Å². The van der Waals surface area contributed by atoms with E-state index in [9.17, 15) is 31.1 Å². The minimum Gasteiger partial charge on any atom is -0.497 e. The van der Waals surface area contributed by atoms with Crippen LogP contribution in [0.1, 0.15) is 41.9 Å². The molecule has 2 aromatic carbocycles. The predicted octanol–water partition coefficient (Wildman–Crippen LogP) is 6.12. The smallest absolute Gasteiger partial charge is 0.416 e. The van der Waals surface area contributed by atoms with Crippen molar-refractivity contribution in [3.05, 3.63) is 59.2 Å². The molecule has 2 amide bonds. The first-order valence-corrected chi connectivity index (χ1v) is 11.2. The molecule has 11 heteroatoms. The monoisotopic (exact) mass is 503 g/mol. The minimum absolute atomic E-state index is 0.0150. The largest absolute Gasteiger partial charge is 0.497 e. The lowest BCUT2D eigenvalue weighted by atomic mass is 9.95. The van der Waals surface area contributed by atoms with Crippen molar-refractivity contribution in [3.63, 3.8) is 0 Å². The summed E-state index contributed by atoms with van der Waals surface area (Å²) in [5.74, 6) is 0.558. The first-order chi connectivity index (χ1) is 16.5. The number of carbonyl (C=O) groups excluding carboxylic acids is 1. The summed E-state index contributed by atoms with van der Waals surface area (Å²) >= 11 is 0. The van der Waals surface area contributed by atoms with Crippen molar-refractivity contribution >= 4 is 11.7 Å². The number of methoxy groups -OCH3 is 1. The van der Waals surface area contributed by atoms with Gasteiger partial charge in [0, 0.05) is 18.2 Å². The number of hydrogen-bond acceptors (Lipinski definition) is 3. The number of ether oxygens (including phenoxy) is 1. The number of carbonyl (C=O) groups is 1. The lowest BCUT2D eigenvalue weighted by Crippen LogP contribution is -2.34. The molecule has 1 heterocycles. The predicted molar refractivity (Wildman–Crippen MR) is 119 cm³/mol. The Labute approximate surface area is 199 Å². The molecule has 1 atom stereocenters. The standard InChI is InChI=1S/C24H27F6N3O2/c1-35-21-6-4-16(5-7-21)17(8-11-33-9-2-3-10-33)15-31-22(34)32-20-13-18(23(25,26)27)12-19(14-20)24(28,29)30/h4-7,12-14,17H,2-3,8-11,15H2,1H3,(H2,31,32,34). The highest BCUT2D eigenvalue weighted by molar-refractivity contribution is 5.89. The second-order valence-electron chi connectivity index (χ2n) is 8.44. The highest BCUT2D eigenvalue weighted by Crippen LogP contribution is 2.37.